The summed E-state index contributed by atoms with van der Waals surface area (Å²) >= 11 is 8.75. The van der Waals surface area contributed by atoms with Crippen LogP contribution in [0.4, 0.5) is 10.2 Å². The third-order valence-electron chi connectivity index (χ3n) is 2.99. The summed E-state index contributed by atoms with van der Waals surface area (Å²) in [7, 11) is 0. The van der Waals surface area contributed by atoms with Gasteiger partial charge in [-0.1, -0.05) is 24.9 Å². The molecule has 0 saturated carbocycles. The molecule has 2 aromatic rings. The van der Waals surface area contributed by atoms with Crippen LogP contribution in [0.25, 0.3) is 0 Å². The molecule has 1 unspecified atom stereocenters. The third kappa shape index (κ3) is 4.20. The summed E-state index contributed by atoms with van der Waals surface area (Å²) in [6.07, 6.45) is 5.64. The van der Waals surface area contributed by atoms with E-state index in [1.165, 1.54) is 24.7 Å². The Morgan fingerprint density at radius 3 is 2.73 bits per heavy atom. The van der Waals surface area contributed by atoms with Crippen molar-refractivity contribution in [1.82, 2.24) is 15.0 Å². The molecule has 2 rings (SSSR count). The second-order valence-electron chi connectivity index (χ2n) is 4.60. The van der Waals surface area contributed by atoms with Crippen LogP contribution in [-0.2, 0) is 4.79 Å². The van der Waals surface area contributed by atoms with E-state index in [-0.39, 0.29) is 11.1 Å². The van der Waals surface area contributed by atoms with Gasteiger partial charge in [-0.25, -0.2) is 19.3 Å². The van der Waals surface area contributed by atoms with E-state index in [0.29, 0.717) is 22.4 Å². The molecule has 0 bridgehead atoms. The number of nitrogens with zero attached hydrogens (tertiary/aromatic N) is 3. The quantitative estimate of drug-likeness (QED) is 0.789. The molecule has 0 radical (unpaired) electrons. The lowest BCUT2D eigenvalue weighted by Gasteiger charge is -2.16. The normalized spacial score (nSPS) is 12.0. The van der Waals surface area contributed by atoms with Gasteiger partial charge in [0.25, 0.3) is 0 Å². The number of carbonyl (C=O) groups excluding carboxylic acids is 1. The van der Waals surface area contributed by atoms with Crippen LogP contribution in [-0.4, -0.2) is 20.9 Å². The van der Waals surface area contributed by atoms with Gasteiger partial charge >= 0.3 is 0 Å². The number of hydrogen-bond acceptors (Lipinski definition) is 4. The van der Waals surface area contributed by atoms with Gasteiger partial charge in [0.15, 0.2) is 16.8 Å². The van der Waals surface area contributed by atoms with Crippen molar-refractivity contribution in [3.63, 3.8) is 0 Å². The molecule has 2 aromatic heterocycles. The lowest BCUT2D eigenvalue weighted by atomic mass is 9.95. The Balaban J connectivity index is 2.20. The van der Waals surface area contributed by atoms with E-state index in [9.17, 15) is 9.18 Å². The Labute approximate surface area is 140 Å². The van der Waals surface area contributed by atoms with Crippen LogP contribution in [0.3, 0.4) is 0 Å². The van der Waals surface area contributed by atoms with Crippen molar-refractivity contribution in [3.05, 3.63) is 45.8 Å². The second kappa shape index (κ2) is 7.60. The van der Waals surface area contributed by atoms with Crippen LogP contribution in [0.2, 0.25) is 5.15 Å². The Hall–Kier alpha value is -1.60. The topological polar surface area (TPSA) is 67.8 Å². The SMILES string of the molecule is CCCC(C(=O)Nc1cnc(Br)cn1)c1cnc(Cl)c(F)c1. The molecule has 5 nitrogen and oxygen atoms in total. The average Bonchev–Trinajstić information content (AvgIpc) is 2.50. The Kier molecular flexibility index (Phi) is 5.79. The summed E-state index contributed by atoms with van der Waals surface area (Å²) in [5.41, 5.74) is 0.478. The van der Waals surface area contributed by atoms with Crippen LogP contribution >= 0.6 is 27.5 Å². The molecule has 1 atom stereocenters. The number of aromatic nitrogens is 3. The number of nitrogens with one attached hydrogen (secondary N) is 1. The van der Waals surface area contributed by atoms with Gasteiger partial charge in [-0.3, -0.25) is 4.79 Å². The van der Waals surface area contributed by atoms with Gasteiger partial charge in [-0.15, -0.1) is 0 Å². The highest BCUT2D eigenvalue weighted by Crippen LogP contribution is 2.25. The van der Waals surface area contributed by atoms with Crippen LogP contribution < -0.4 is 5.32 Å². The molecule has 116 valence electrons. The van der Waals surface area contributed by atoms with Gasteiger partial charge in [-0.2, -0.15) is 0 Å². The number of pyridine rings is 1. The van der Waals surface area contributed by atoms with E-state index < -0.39 is 11.7 Å². The summed E-state index contributed by atoms with van der Waals surface area (Å²) in [6, 6.07) is 1.24. The van der Waals surface area contributed by atoms with E-state index in [0.717, 1.165) is 6.42 Å². The summed E-state index contributed by atoms with van der Waals surface area (Å²) in [5.74, 6) is -1.13. The van der Waals surface area contributed by atoms with Gasteiger partial charge in [0.2, 0.25) is 5.91 Å². The zero-order valence-corrected chi connectivity index (χ0v) is 14.0. The number of carbonyl (C=O) groups is 1. The Morgan fingerprint density at radius 2 is 2.14 bits per heavy atom. The molecule has 1 amide bonds. The van der Waals surface area contributed by atoms with Crippen molar-refractivity contribution < 1.29 is 9.18 Å². The van der Waals surface area contributed by atoms with Crippen LogP contribution in [0, 0.1) is 5.82 Å². The highest BCUT2D eigenvalue weighted by Gasteiger charge is 2.22. The Morgan fingerprint density at radius 1 is 1.36 bits per heavy atom. The first-order valence-corrected chi connectivity index (χ1v) is 7.77. The monoisotopic (exact) mass is 386 g/mol. The van der Waals surface area contributed by atoms with Gasteiger partial charge in [0.05, 0.1) is 18.3 Å². The van der Waals surface area contributed by atoms with Gasteiger partial charge in [0.1, 0.15) is 4.60 Å². The van der Waals surface area contributed by atoms with Crippen molar-refractivity contribution in [2.45, 2.75) is 25.7 Å². The largest absolute Gasteiger partial charge is 0.309 e. The van der Waals surface area contributed by atoms with Crippen LogP contribution in [0.5, 0.6) is 0 Å². The zero-order chi connectivity index (χ0) is 16.1. The van der Waals surface area contributed by atoms with E-state index >= 15 is 0 Å². The first kappa shape index (κ1) is 16.8. The minimum atomic E-state index is -0.642. The molecule has 0 aliphatic carbocycles. The predicted octanol–water partition coefficient (Wildman–Crippen LogP) is 3.95. The molecular formula is C14H13BrClFN4O. The minimum Gasteiger partial charge on any atom is -0.309 e. The van der Waals surface area contributed by atoms with E-state index in [2.05, 4.69) is 36.2 Å². The highest BCUT2D eigenvalue weighted by atomic mass is 79.9. The summed E-state index contributed by atoms with van der Waals surface area (Å²) in [4.78, 5) is 24.2. The lowest BCUT2D eigenvalue weighted by Crippen LogP contribution is -2.22. The van der Waals surface area contributed by atoms with Gasteiger partial charge in [-0.05, 0) is 34.0 Å². The molecule has 0 aliphatic rings. The van der Waals surface area contributed by atoms with E-state index in [1.54, 1.807) is 0 Å². The van der Waals surface area contributed by atoms with Crippen molar-refractivity contribution >= 4 is 39.3 Å². The summed E-state index contributed by atoms with van der Waals surface area (Å²) in [5, 5.41) is 2.46. The van der Waals surface area contributed by atoms with Crippen molar-refractivity contribution in [2.24, 2.45) is 0 Å². The fourth-order valence-electron chi connectivity index (χ4n) is 1.95. The maximum absolute atomic E-state index is 13.6. The molecule has 2 heterocycles. The third-order valence-corrected chi connectivity index (χ3v) is 3.67. The summed E-state index contributed by atoms with van der Waals surface area (Å²) < 4.78 is 14.1. The first-order valence-electron chi connectivity index (χ1n) is 6.60. The molecule has 0 aromatic carbocycles. The van der Waals surface area contributed by atoms with Crippen molar-refractivity contribution in [3.8, 4) is 0 Å². The standard InChI is InChI=1S/C14H13BrClFN4O/c1-2-3-9(8-4-10(17)13(16)20-5-8)14(22)21-12-7-18-11(15)6-19-12/h4-7,9H,2-3H2,1H3,(H,19,21,22). The molecule has 0 spiro atoms. The number of amides is 1. The maximum Gasteiger partial charge on any atom is 0.233 e. The van der Waals surface area contributed by atoms with Crippen molar-refractivity contribution in [1.29, 1.82) is 0 Å². The minimum absolute atomic E-state index is 0.210. The molecule has 8 heteroatoms. The van der Waals surface area contributed by atoms with Gasteiger partial charge in [0, 0.05) is 6.20 Å². The highest BCUT2D eigenvalue weighted by molar-refractivity contribution is 9.10. The zero-order valence-electron chi connectivity index (χ0n) is 11.7. The number of anilines is 1. The average molecular weight is 388 g/mol. The fraction of sp³-hybridized carbons (Fsp3) is 0.286. The molecule has 0 fully saturated rings. The molecule has 22 heavy (non-hydrogen) atoms. The second-order valence-corrected chi connectivity index (χ2v) is 5.77. The number of hydrogen-bond donors (Lipinski definition) is 1. The maximum atomic E-state index is 13.6. The van der Waals surface area contributed by atoms with Crippen LogP contribution in [0.15, 0.2) is 29.3 Å². The first-order chi connectivity index (χ1) is 10.5. The summed E-state index contributed by atoms with van der Waals surface area (Å²) in [6.45, 7) is 1.94. The fourth-order valence-corrected chi connectivity index (χ4v) is 2.26. The van der Waals surface area contributed by atoms with E-state index in [1.807, 2.05) is 6.92 Å². The smallest absolute Gasteiger partial charge is 0.233 e. The number of rotatable bonds is 5. The lowest BCUT2D eigenvalue weighted by molar-refractivity contribution is -0.117. The molecule has 0 saturated heterocycles. The molecule has 0 aliphatic heterocycles. The Bertz CT molecular complexity index is 668. The molecule has 1 N–H and O–H groups in total. The van der Waals surface area contributed by atoms with Crippen LogP contribution in [0.1, 0.15) is 31.2 Å². The molecular weight excluding hydrogens is 375 g/mol. The van der Waals surface area contributed by atoms with Gasteiger partial charge < -0.3 is 5.32 Å². The number of halogens is 3. The predicted molar refractivity (Wildman–Crippen MR) is 85.2 cm³/mol. The van der Waals surface area contributed by atoms with Crippen molar-refractivity contribution in [2.75, 3.05) is 5.32 Å². The van der Waals surface area contributed by atoms with E-state index in [4.69, 9.17) is 11.6 Å².